The van der Waals surface area contributed by atoms with Gasteiger partial charge in [0.05, 0.1) is 0 Å². The molecule has 1 aliphatic carbocycles. The summed E-state index contributed by atoms with van der Waals surface area (Å²) >= 11 is 0. The normalized spacial score (nSPS) is 36.5. The second-order valence-electron chi connectivity index (χ2n) is 6.99. The minimum Gasteiger partial charge on any atom is -0.365 e. The average Bonchev–Trinajstić information content (AvgIpc) is 2.84. The van der Waals surface area contributed by atoms with E-state index in [2.05, 4.69) is 60.0 Å². The molecule has 1 spiro atoms. The summed E-state index contributed by atoms with van der Waals surface area (Å²) in [6, 6.07) is 10.8. The van der Waals surface area contributed by atoms with Gasteiger partial charge in [-0.3, -0.25) is 10.6 Å². The molecule has 21 heavy (non-hydrogen) atoms. The van der Waals surface area contributed by atoms with Gasteiger partial charge in [0.2, 0.25) is 0 Å². The van der Waals surface area contributed by atoms with Crippen LogP contribution in [0.15, 0.2) is 30.3 Å². The third-order valence-corrected chi connectivity index (χ3v) is 5.54. The van der Waals surface area contributed by atoms with E-state index in [1.54, 1.807) is 0 Å². The van der Waals surface area contributed by atoms with Gasteiger partial charge in [-0.05, 0) is 51.8 Å². The summed E-state index contributed by atoms with van der Waals surface area (Å²) < 4.78 is 0. The molecule has 4 heteroatoms. The van der Waals surface area contributed by atoms with Crippen LogP contribution in [0.5, 0.6) is 0 Å². The molecule has 0 amide bonds. The van der Waals surface area contributed by atoms with Crippen molar-refractivity contribution in [2.24, 2.45) is 0 Å². The van der Waals surface area contributed by atoms with Gasteiger partial charge in [0.1, 0.15) is 0 Å². The lowest BCUT2D eigenvalue weighted by Crippen LogP contribution is -2.56. The molecule has 1 atom stereocenters. The van der Waals surface area contributed by atoms with E-state index in [-0.39, 0.29) is 11.1 Å². The SMILES string of the molecule is CN(C)[C@]1(Cc2ccccc2)CC[C@]2(CC1)CNC(O)N2. The number of aliphatic hydroxyl groups is 1. The van der Waals surface area contributed by atoms with Crippen LogP contribution < -0.4 is 10.6 Å². The number of benzene rings is 1. The van der Waals surface area contributed by atoms with Crippen molar-refractivity contribution >= 4 is 0 Å². The fourth-order valence-corrected chi connectivity index (χ4v) is 3.96. The fraction of sp³-hybridized carbons (Fsp3) is 0.647. The zero-order valence-electron chi connectivity index (χ0n) is 13.1. The first-order valence-electron chi connectivity index (χ1n) is 7.94. The second kappa shape index (κ2) is 5.69. The zero-order chi connectivity index (χ0) is 14.9. The van der Waals surface area contributed by atoms with Gasteiger partial charge in [-0.1, -0.05) is 30.3 Å². The lowest BCUT2D eigenvalue weighted by atomic mass is 9.69. The number of hydrogen-bond acceptors (Lipinski definition) is 4. The second-order valence-corrected chi connectivity index (χ2v) is 6.99. The van der Waals surface area contributed by atoms with Crippen LogP contribution in [0.1, 0.15) is 31.2 Å². The molecule has 3 N–H and O–H groups in total. The van der Waals surface area contributed by atoms with Crippen LogP contribution in [0, 0.1) is 0 Å². The predicted molar refractivity (Wildman–Crippen MR) is 84.9 cm³/mol. The van der Waals surface area contributed by atoms with Crippen molar-refractivity contribution in [3.63, 3.8) is 0 Å². The molecule has 2 aliphatic rings. The Morgan fingerprint density at radius 3 is 2.33 bits per heavy atom. The lowest BCUT2D eigenvalue weighted by Gasteiger charge is -2.48. The quantitative estimate of drug-likeness (QED) is 0.785. The Morgan fingerprint density at radius 1 is 1.14 bits per heavy atom. The number of hydrogen-bond donors (Lipinski definition) is 3. The fourth-order valence-electron chi connectivity index (χ4n) is 3.96. The summed E-state index contributed by atoms with van der Waals surface area (Å²) in [5.74, 6) is 0. The van der Waals surface area contributed by atoms with Crippen molar-refractivity contribution in [1.29, 1.82) is 0 Å². The maximum atomic E-state index is 9.69. The highest BCUT2D eigenvalue weighted by molar-refractivity contribution is 5.19. The molecule has 116 valence electrons. The molecule has 1 heterocycles. The zero-order valence-corrected chi connectivity index (χ0v) is 13.1. The van der Waals surface area contributed by atoms with Crippen LogP contribution in [0.2, 0.25) is 0 Å². The molecule has 1 aromatic rings. The molecule has 0 bridgehead atoms. The number of likely N-dealkylation sites (N-methyl/N-ethyl adjacent to an activating group) is 1. The molecule has 1 unspecified atom stereocenters. The molecule has 1 saturated heterocycles. The first-order chi connectivity index (χ1) is 10.0. The molecule has 1 aromatic carbocycles. The predicted octanol–water partition coefficient (Wildman–Crippen LogP) is 1.31. The van der Waals surface area contributed by atoms with E-state index in [9.17, 15) is 5.11 Å². The Morgan fingerprint density at radius 2 is 1.81 bits per heavy atom. The van der Waals surface area contributed by atoms with Crippen molar-refractivity contribution in [3.05, 3.63) is 35.9 Å². The summed E-state index contributed by atoms with van der Waals surface area (Å²) in [6.07, 6.45) is 5.12. The van der Waals surface area contributed by atoms with Crippen molar-refractivity contribution in [2.75, 3.05) is 20.6 Å². The van der Waals surface area contributed by atoms with Crippen LogP contribution in [0.4, 0.5) is 0 Å². The first-order valence-corrected chi connectivity index (χ1v) is 7.94. The van der Waals surface area contributed by atoms with Gasteiger partial charge in [0.25, 0.3) is 0 Å². The maximum absolute atomic E-state index is 9.69. The van der Waals surface area contributed by atoms with E-state index < -0.39 is 6.35 Å². The number of rotatable bonds is 3. The Kier molecular flexibility index (Phi) is 4.06. The largest absolute Gasteiger partial charge is 0.365 e. The third kappa shape index (κ3) is 2.99. The van der Waals surface area contributed by atoms with Crippen LogP contribution in [0.3, 0.4) is 0 Å². The Labute approximate surface area is 127 Å². The molecule has 1 aliphatic heterocycles. The molecular weight excluding hydrogens is 262 g/mol. The molecule has 0 aromatic heterocycles. The third-order valence-electron chi connectivity index (χ3n) is 5.54. The van der Waals surface area contributed by atoms with E-state index >= 15 is 0 Å². The molecule has 4 nitrogen and oxygen atoms in total. The van der Waals surface area contributed by atoms with Crippen molar-refractivity contribution in [3.8, 4) is 0 Å². The van der Waals surface area contributed by atoms with Crippen molar-refractivity contribution in [1.82, 2.24) is 15.5 Å². The van der Waals surface area contributed by atoms with E-state index in [0.717, 1.165) is 38.6 Å². The average molecular weight is 289 g/mol. The lowest BCUT2D eigenvalue weighted by molar-refractivity contribution is 0.0524. The highest BCUT2D eigenvalue weighted by Crippen LogP contribution is 2.40. The molecule has 0 radical (unpaired) electrons. The minimum absolute atomic E-state index is 0.0929. The van der Waals surface area contributed by atoms with Crippen molar-refractivity contribution < 1.29 is 5.11 Å². The van der Waals surface area contributed by atoms with Crippen LogP contribution in [-0.4, -0.2) is 48.1 Å². The minimum atomic E-state index is -0.536. The Bertz CT molecular complexity index is 466. The Balaban J connectivity index is 1.72. The number of nitrogens with zero attached hydrogens (tertiary/aromatic N) is 1. The van der Waals surface area contributed by atoms with Crippen molar-refractivity contribution in [2.45, 2.75) is 49.5 Å². The van der Waals surface area contributed by atoms with E-state index in [4.69, 9.17) is 0 Å². The van der Waals surface area contributed by atoms with Gasteiger partial charge in [-0.25, -0.2) is 0 Å². The smallest absolute Gasteiger partial charge is 0.161 e. The summed E-state index contributed by atoms with van der Waals surface area (Å²) in [5, 5.41) is 16.1. The van der Waals surface area contributed by atoms with Crippen LogP contribution in [-0.2, 0) is 6.42 Å². The standard InChI is InChI=1S/C17H27N3O/c1-20(2)17(12-14-6-4-3-5-7-14)10-8-16(9-11-17)13-18-15(21)19-16/h3-7,15,18-19,21H,8-13H2,1-2H3/t15?,16-,17+. The maximum Gasteiger partial charge on any atom is 0.161 e. The summed E-state index contributed by atoms with van der Waals surface area (Å²) in [7, 11) is 4.41. The summed E-state index contributed by atoms with van der Waals surface area (Å²) in [4.78, 5) is 2.41. The van der Waals surface area contributed by atoms with Crippen LogP contribution >= 0.6 is 0 Å². The van der Waals surface area contributed by atoms with Gasteiger partial charge in [0.15, 0.2) is 6.35 Å². The highest BCUT2D eigenvalue weighted by atomic mass is 16.3. The molecule has 1 saturated carbocycles. The van der Waals surface area contributed by atoms with Gasteiger partial charge in [-0.2, -0.15) is 0 Å². The molecule has 3 rings (SSSR count). The Hall–Kier alpha value is -0.940. The van der Waals surface area contributed by atoms with E-state index in [0.29, 0.717) is 0 Å². The first kappa shape index (κ1) is 15.0. The van der Waals surface area contributed by atoms with E-state index in [1.165, 1.54) is 5.56 Å². The van der Waals surface area contributed by atoms with Gasteiger partial charge >= 0.3 is 0 Å². The van der Waals surface area contributed by atoms with Gasteiger partial charge in [0, 0.05) is 17.6 Å². The number of nitrogens with one attached hydrogen (secondary N) is 2. The van der Waals surface area contributed by atoms with Crippen LogP contribution in [0.25, 0.3) is 0 Å². The number of aliphatic hydroxyl groups excluding tert-OH is 1. The molecular formula is C17H27N3O. The highest BCUT2D eigenvalue weighted by Gasteiger charge is 2.46. The van der Waals surface area contributed by atoms with E-state index in [1.807, 2.05) is 0 Å². The topological polar surface area (TPSA) is 47.5 Å². The van der Waals surface area contributed by atoms with Gasteiger partial charge < -0.3 is 10.0 Å². The monoisotopic (exact) mass is 289 g/mol. The summed E-state index contributed by atoms with van der Waals surface area (Å²) in [6.45, 7) is 0.878. The summed E-state index contributed by atoms with van der Waals surface area (Å²) in [5.41, 5.74) is 1.75. The molecule has 2 fully saturated rings. The van der Waals surface area contributed by atoms with Gasteiger partial charge in [-0.15, -0.1) is 0 Å².